The first-order chi connectivity index (χ1) is 13.9. The van der Waals surface area contributed by atoms with Crippen molar-refractivity contribution in [2.24, 2.45) is 5.92 Å². The van der Waals surface area contributed by atoms with E-state index in [1.807, 2.05) is 17.9 Å². The maximum Gasteiger partial charge on any atom is 0.277 e. The highest BCUT2D eigenvalue weighted by molar-refractivity contribution is 5.78. The lowest BCUT2D eigenvalue weighted by molar-refractivity contribution is -0.136. The molecule has 0 aliphatic carbocycles. The number of hydrogen-bond acceptors (Lipinski definition) is 4. The Labute approximate surface area is 172 Å². The Bertz CT molecular complexity index is 960. The standard InChI is InChI=1S/C22H33N5O2/c1-5-15(4)21(28)26-9-6-7-16(12-26)19-11-20-23-18-8-10-25(14(2)3)13-17(18)22(29)27(20)24-19/h11,14-16,24H,5-10,12-13H2,1-4H3/t15-,16-/m1/s1. The first-order valence-corrected chi connectivity index (χ1v) is 11.0. The molecule has 0 spiro atoms. The summed E-state index contributed by atoms with van der Waals surface area (Å²) in [7, 11) is 0. The summed E-state index contributed by atoms with van der Waals surface area (Å²) in [5.74, 6) is 0.534. The van der Waals surface area contributed by atoms with Gasteiger partial charge in [0.1, 0.15) is 0 Å². The SMILES string of the molecule is CC[C@@H](C)C(=O)N1CCC[C@@H](c2cc3nc4c(c(=O)n3[nH]2)CN(C(C)C)CC4)C1. The zero-order valence-electron chi connectivity index (χ0n) is 18.1. The molecule has 29 heavy (non-hydrogen) atoms. The fourth-order valence-corrected chi connectivity index (χ4v) is 4.59. The molecule has 1 saturated heterocycles. The molecule has 7 heteroatoms. The summed E-state index contributed by atoms with van der Waals surface area (Å²) >= 11 is 0. The third kappa shape index (κ3) is 3.72. The van der Waals surface area contributed by atoms with Crippen LogP contribution in [0.4, 0.5) is 0 Å². The third-order valence-corrected chi connectivity index (χ3v) is 6.75. The highest BCUT2D eigenvalue weighted by Crippen LogP contribution is 2.28. The van der Waals surface area contributed by atoms with E-state index in [-0.39, 0.29) is 23.3 Å². The lowest BCUT2D eigenvalue weighted by Gasteiger charge is -2.33. The molecule has 4 rings (SSSR count). The molecule has 158 valence electrons. The lowest BCUT2D eigenvalue weighted by Crippen LogP contribution is -2.41. The van der Waals surface area contributed by atoms with Crippen molar-refractivity contribution in [2.75, 3.05) is 19.6 Å². The van der Waals surface area contributed by atoms with Crippen LogP contribution in [0, 0.1) is 5.92 Å². The van der Waals surface area contributed by atoms with Gasteiger partial charge in [-0.25, -0.2) is 9.50 Å². The summed E-state index contributed by atoms with van der Waals surface area (Å²) in [4.78, 5) is 34.9. The van der Waals surface area contributed by atoms with Crippen LogP contribution in [0.15, 0.2) is 10.9 Å². The molecule has 0 radical (unpaired) electrons. The molecule has 0 saturated carbocycles. The van der Waals surface area contributed by atoms with Crippen molar-refractivity contribution in [3.05, 3.63) is 33.4 Å². The Kier molecular flexibility index (Phi) is 5.51. The predicted molar refractivity (Wildman–Crippen MR) is 113 cm³/mol. The second-order valence-corrected chi connectivity index (χ2v) is 8.99. The number of rotatable bonds is 4. The predicted octanol–water partition coefficient (Wildman–Crippen LogP) is 2.54. The van der Waals surface area contributed by atoms with Gasteiger partial charge in [0.2, 0.25) is 5.91 Å². The van der Waals surface area contributed by atoms with Gasteiger partial charge in [-0.15, -0.1) is 0 Å². The first kappa shape index (κ1) is 20.1. The van der Waals surface area contributed by atoms with Crippen molar-refractivity contribution in [1.82, 2.24) is 24.4 Å². The molecule has 2 aliphatic heterocycles. The highest BCUT2D eigenvalue weighted by atomic mass is 16.2. The maximum absolute atomic E-state index is 13.1. The van der Waals surface area contributed by atoms with Crippen LogP contribution in [-0.2, 0) is 17.8 Å². The normalized spacial score (nSPS) is 21.6. The second kappa shape index (κ2) is 7.94. The van der Waals surface area contributed by atoms with Crippen molar-refractivity contribution in [3.63, 3.8) is 0 Å². The molecule has 1 fully saturated rings. The van der Waals surface area contributed by atoms with Gasteiger partial charge >= 0.3 is 0 Å². The number of nitrogens with zero attached hydrogens (tertiary/aromatic N) is 4. The Balaban J connectivity index is 1.62. The zero-order valence-corrected chi connectivity index (χ0v) is 18.1. The number of hydrogen-bond donors (Lipinski definition) is 1. The zero-order chi connectivity index (χ0) is 20.7. The van der Waals surface area contributed by atoms with Gasteiger partial charge in [-0.2, -0.15) is 0 Å². The van der Waals surface area contributed by atoms with Crippen LogP contribution in [0.2, 0.25) is 0 Å². The van der Waals surface area contributed by atoms with E-state index in [1.54, 1.807) is 4.52 Å². The van der Waals surface area contributed by atoms with Crippen LogP contribution in [-0.4, -0.2) is 56.0 Å². The number of carbonyl (C=O) groups is 1. The van der Waals surface area contributed by atoms with E-state index >= 15 is 0 Å². The van der Waals surface area contributed by atoms with E-state index in [0.717, 1.165) is 55.7 Å². The van der Waals surface area contributed by atoms with Crippen LogP contribution in [0.25, 0.3) is 5.65 Å². The number of aromatic amines is 1. The number of amides is 1. The van der Waals surface area contributed by atoms with Crippen molar-refractivity contribution in [1.29, 1.82) is 0 Å². The van der Waals surface area contributed by atoms with Gasteiger partial charge in [0, 0.05) is 62.2 Å². The molecular formula is C22H33N5O2. The molecular weight excluding hydrogens is 366 g/mol. The fraction of sp³-hybridized carbons (Fsp3) is 0.682. The second-order valence-electron chi connectivity index (χ2n) is 8.99. The Morgan fingerprint density at radius 3 is 2.83 bits per heavy atom. The maximum atomic E-state index is 13.1. The minimum Gasteiger partial charge on any atom is -0.342 e. The topological polar surface area (TPSA) is 73.7 Å². The van der Waals surface area contributed by atoms with Gasteiger partial charge in [0.25, 0.3) is 5.56 Å². The number of carbonyl (C=O) groups excluding carboxylic acids is 1. The van der Waals surface area contributed by atoms with Gasteiger partial charge in [-0.1, -0.05) is 13.8 Å². The summed E-state index contributed by atoms with van der Waals surface area (Å²) in [6.45, 7) is 11.5. The number of H-pyrrole nitrogens is 1. The van der Waals surface area contributed by atoms with Crippen LogP contribution in [0.3, 0.4) is 0 Å². The molecule has 2 aromatic heterocycles. The van der Waals surface area contributed by atoms with Crippen molar-refractivity contribution in [3.8, 4) is 0 Å². The number of nitrogens with one attached hydrogen (secondary N) is 1. The third-order valence-electron chi connectivity index (χ3n) is 6.75. The molecule has 2 aromatic rings. The van der Waals surface area contributed by atoms with Crippen molar-refractivity contribution < 1.29 is 4.79 Å². The number of fused-ring (bicyclic) bond motifs is 2. The van der Waals surface area contributed by atoms with Gasteiger partial charge < -0.3 is 4.90 Å². The summed E-state index contributed by atoms with van der Waals surface area (Å²) in [6, 6.07) is 2.43. The summed E-state index contributed by atoms with van der Waals surface area (Å²) in [5, 5.41) is 3.32. The molecule has 0 bridgehead atoms. The molecule has 7 nitrogen and oxygen atoms in total. The molecule has 2 atom stereocenters. The average molecular weight is 400 g/mol. The van der Waals surface area contributed by atoms with Crippen LogP contribution in [0.5, 0.6) is 0 Å². The summed E-state index contributed by atoms with van der Waals surface area (Å²) in [5.41, 5.74) is 3.49. The number of aromatic nitrogens is 3. The van der Waals surface area contributed by atoms with Crippen molar-refractivity contribution in [2.45, 2.75) is 71.9 Å². The van der Waals surface area contributed by atoms with E-state index in [9.17, 15) is 9.59 Å². The Morgan fingerprint density at radius 1 is 1.31 bits per heavy atom. The number of likely N-dealkylation sites (tertiary alicyclic amines) is 1. The van der Waals surface area contributed by atoms with Crippen LogP contribution >= 0.6 is 0 Å². The Morgan fingerprint density at radius 2 is 2.10 bits per heavy atom. The molecule has 0 unspecified atom stereocenters. The Hall–Kier alpha value is -2.15. The first-order valence-electron chi connectivity index (χ1n) is 11.0. The number of piperidine rings is 1. The van der Waals surface area contributed by atoms with Gasteiger partial charge in [0.05, 0.1) is 11.3 Å². The molecule has 0 aromatic carbocycles. The summed E-state index contributed by atoms with van der Waals surface area (Å²) < 4.78 is 1.60. The van der Waals surface area contributed by atoms with E-state index in [1.165, 1.54) is 0 Å². The molecule has 1 N–H and O–H groups in total. The monoisotopic (exact) mass is 399 g/mol. The molecule has 2 aliphatic rings. The van der Waals surface area contributed by atoms with E-state index in [2.05, 4.69) is 30.8 Å². The average Bonchev–Trinajstić information content (AvgIpc) is 3.17. The van der Waals surface area contributed by atoms with Gasteiger partial charge in [0.15, 0.2) is 5.65 Å². The van der Waals surface area contributed by atoms with Crippen molar-refractivity contribution >= 4 is 11.6 Å². The minimum absolute atomic E-state index is 0.0185. The van der Waals surface area contributed by atoms with E-state index in [0.29, 0.717) is 24.8 Å². The highest BCUT2D eigenvalue weighted by Gasteiger charge is 2.29. The quantitative estimate of drug-likeness (QED) is 0.857. The molecule has 1 amide bonds. The largest absolute Gasteiger partial charge is 0.342 e. The van der Waals surface area contributed by atoms with Crippen LogP contribution in [0.1, 0.15) is 69.8 Å². The van der Waals surface area contributed by atoms with Gasteiger partial charge in [-0.05, 0) is 33.1 Å². The van der Waals surface area contributed by atoms with E-state index < -0.39 is 0 Å². The summed E-state index contributed by atoms with van der Waals surface area (Å²) in [6.07, 6.45) is 3.70. The van der Waals surface area contributed by atoms with Gasteiger partial charge in [-0.3, -0.25) is 19.6 Å². The fourth-order valence-electron chi connectivity index (χ4n) is 4.59. The minimum atomic E-state index is 0.0185. The van der Waals surface area contributed by atoms with E-state index in [4.69, 9.17) is 4.98 Å². The van der Waals surface area contributed by atoms with Crippen LogP contribution < -0.4 is 5.56 Å². The smallest absolute Gasteiger partial charge is 0.277 e. The molecule has 4 heterocycles. The lowest BCUT2D eigenvalue weighted by atomic mass is 9.93.